The molecule has 1 aromatic rings. The molecule has 0 spiro atoms. The lowest BCUT2D eigenvalue weighted by atomic mass is 9.95. The number of nitrogens with zero attached hydrogens (tertiary/aromatic N) is 1. The average molecular weight is 265 g/mol. The Hall–Kier alpha value is -1.33. The highest BCUT2D eigenvalue weighted by Crippen LogP contribution is 2.31. The highest BCUT2D eigenvalue weighted by atomic mass is 16.5. The van der Waals surface area contributed by atoms with E-state index in [1.54, 1.807) is 19.4 Å². The third-order valence-corrected chi connectivity index (χ3v) is 4.18. The van der Waals surface area contributed by atoms with Crippen LogP contribution in [0.1, 0.15) is 29.0 Å². The molecule has 0 saturated carbocycles. The van der Waals surface area contributed by atoms with E-state index in [0.29, 0.717) is 24.5 Å². The molecule has 0 bridgehead atoms. The molecule has 0 N–H and O–H groups in total. The molecule has 3 heterocycles. The molecule has 3 rings (SSSR count). The van der Waals surface area contributed by atoms with Crippen molar-refractivity contribution in [3.63, 3.8) is 0 Å². The minimum atomic E-state index is 0.00917. The number of piperidine rings is 1. The van der Waals surface area contributed by atoms with Gasteiger partial charge in [0, 0.05) is 20.3 Å². The monoisotopic (exact) mass is 265 g/mol. The van der Waals surface area contributed by atoms with E-state index >= 15 is 0 Å². The minimum absolute atomic E-state index is 0.00917. The summed E-state index contributed by atoms with van der Waals surface area (Å²) in [5, 5.41) is 0. The molecule has 2 aliphatic heterocycles. The van der Waals surface area contributed by atoms with Gasteiger partial charge in [-0.1, -0.05) is 0 Å². The zero-order valence-electron chi connectivity index (χ0n) is 11.3. The minimum Gasteiger partial charge on any atom is -0.469 e. The fourth-order valence-corrected chi connectivity index (χ4v) is 3.15. The summed E-state index contributed by atoms with van der Waals surface area (Å²) in [7, 11) is 1.71. The van der Waals surface area contributed by atoms with Gasteiger partial charge < -0.3 is 18.8 Å². The summed E-state index contributed by atoms with van der Waals surface area (Å²) in [6, 6.07) is 1.87. The predicted octanol–water partition coefficient (Wildman–Crippen LogP) is 1.61. The molecule has 0 aliphatic carbocycles. The standard InChI is InChI=1S/C14H19NO4/c1-9-10(4-7-18-9)14(16)15-6-3-12(17-2)13-11(15)5-8-19-13/h4,7,11-13H,3,5-6,8H2,1-2H3/t11-,12-,13-/m0/s1. The Morgan fingerprint density at radius 2 is 2.32 bits per heavy atom. The van der Waals surface area contributed by atoms with Gasteiger partial charge in [0.1, 0.15) is 11.9 Å². The maximum Gasteiger partial charge on any atom is 0.257 e. The topological polar surface area (TPSA) is 51.9 Å². The molecule has 2 fully saturated rings. The van der Waals surface area contributed by atoms with E-state index in [1.165, 1.54) is 0 Å². The number of likely N-dealkylation sites (tertiary alicyclic amines) is 1. The molecule has 0 unspecified atom stereocenters. The van der Waals surface area contributed by atoms with Gasteiger partial charge in [0.2, 0.25) is 0 Å². The van der Waals surface area contributed by atoms with Crippen LogP contribution >= 0.6 is 0 Å². The summed E-state index contributed by atoms with van der Waals surface area (Å²) in [5.74, 6) is 0.718. The third-order valence-electron chi connectivity index (χ3n) is 4.18. The number of ether oxygens (including phenoxy) is 2. The van der Waals surface area contributed by atoms with Crippen molar-refractivity contribution in [2.45, 2.75) is 38.0 Å². The molecule has 3 atom stereocenters. The molecule has 1 aromatic heterocycles. The largest absolute Gasteiger partial charge is 0.469 e. The van der Waals surface area contributed by atoms with Crippen LogP contribution in [0, 0.1) is 6.92 Å². The van der Waals surface area contributed by atoms with E-state index in [2.05, 4.69) is 0 Å². The fraction of sp³-hybridized carbons (Fsp3) is 0.643. The summed E-state index contributed by atoms with van der Waals surface area (Å²) >= 11 is 0. The Bertz CT molecular complexity index is 470. The van der Waals surface area contributed by atoms with Crippen molar-refractivity contribution >= 4 is 5.91 Å². The summed E-state index contributed by atoms with van der Waals surface area (Å²) in [4.78, 5) is 14.5. The lowest BCUT2D eigenvalue weighted by Gasteiger charge is -2.40. The molecule has 2 saturated heterocycles. The van der Waals surface area contributed by atoms with Gasteiger partial charge in [-0.2, -0.15) is 0 Å². The van der Waals surface area contributed by atoms with E-state index in [1.807, 2.05) is 11.8 Å². The molecular formula is C14H19NO4. The Kier molecular flexibility index (Phi) is 3.33. The van der Waals surface area contributed by atoms with Crippen molar-refractivity contribution in [3.05, 3.63) is 23.7 Å². The summed E-state index contributed by atoms with van der Waals surface area (Å²) in [5.41, 5.74) is 0.654. The van der Waals surface area contributed by atoms with Gasteiger partial charge in [-0.05, 0) is 25.8 Å². The molecule has 5 heteroatoms. The first-order chi connectivity index (χ1) is 9.22. The highest BCUT2D eigenvalue weighted by molar-refractivity contribution is 5.95. The Morgan fingerprint density at radius 3 is 3.00 bits per heavy atom. The summed E-state index contributed by atoms with van der Waals surface area (Å²) < 4.78 is 16.4. The van der Waals surface area contributed by atoms with Gasteiger partial charge in [0.25, 0.3) is 5.91 Å². The first-order valence-corrected chi connectivity index (χ1v) is 6.72. The van der Waals surface area contributed by atoms with Crippen molar-refractivity contribution in [1.29, 1.82) is 0 Å². The van der Waals surface area contributed by atoms with Crippen LogP contribution in [-0.4, -0.2) is 49.3 Å². The molecular weight excluding hydrogens is 246 g/mol. The molecule has 5 nitrogen and oxygen atoms in total. The second kappa shape index (κ2) is 4.98. The SMILES string of the molecule is CO[C@H]1CCN(C(=O)c2ccoc2C)[C@H]2CCO[C@H]12. The number of methoxy groups -OCH3 is 1. The number of furan rings is 1. The molecule has 2 aliphatic rings. The van der Waals surface area contributed by atoms with Gasteiger partial charge in [-0.25, -0.2) is 0 Å². The number of hydrogen-bond donors (Lipinski definition) is 0. The Morgan fingerprint density at radius 1 is 1.47 bits per heavy atom. The van der Waals surface area contributed by atoms with Gasteiger partial charge in [-0.15, -0.1) is 0 Å². The summed E-state index contributed by atoms with van der Waals surface area (Å²) in [6.45, 7) is 3.23. The van der Waals surface area contributed by atoms with Gasteiger partial charge in [-0.3, -0.25) is 4.79 Å². The lowest BCUT2D eigenvalue weighted by molar-refractivity contribution is -0.0754. The number of aryl methyl sites for hydroxylation is 1. The predicted molar refractivity (Wildman–Crippen MR) is 68.0 cm³/mol. The number of hydrogen-bond acceptors (Lipinski definition) is 4. The number of fused-ring (bicyclic) bond motifs is 1. The highest BCUT2D eigenvalue weighted by Gasteiger charge is 2.44. The van der Waals surface area contributed by atoms with Crippen LogP contribution in [0.3, 0.4) is 0 Å². The molecule has 104 valence electrons. The smallest absolute Gasteiger partial charge is 0.257 e. The van der Waals surface area contributed by atoms with Crippen LogP contribution in [0.2, 0.25) is 0 Å². The third kappa shape index (κ3) is 2.07. The average Bonchev–Trinajstić information content (AvgIpc) is 3.05. The van der Waals surface area contributed by atoms with E-state index < -0.39 is 0 Å². The number of amides is 1. The quantitative estimate of drug-likeness (QED) is 0.815. The maximum atomic E-state index is 12.6. The maximum absolute atomic E-state index is 12.6. The van der Waals surface area contributed by atoms with Crippen LogP contribution < -0.4 is 0 Å². The molecule has 1 amide bonds. The second-order valence-electron chi connectivity index (χ2n) is 5.14. The van der Waals surface area contributed by atoms with Crippen molar-refractivity contribution < 1.29 is 18.7 Å². The van der Waals surface area contributed by atoms with Gasteiger partial charge in [0.15, 0.2) is 0 Å². The normalized spacial score (nSPS) is 30.4. The van der Waals surface area contributed by atoms with Crippen molar-refractivity contribution in [1.82, 2.24) is 4.90 Å². The first-order valence-electron chi connectivity index (χ1n) is 6.72. The molecule has 0 radical (unpaired) electrons. The Labute approximate surface area is 112 Å². The number of rotatable bonds is 2. The van der Waals surface area contributed by atoms with Crippen molar-refractivity contribution in [2.75, 3.05) is 20.3 Å². The Balaban J connectivity index is 1.82. The van der Waals surface area contributed by atoms with Crippen LogP contribution in [0.4, 0.5) is 0 Å². The van der Waals surface area contributed by atoms with Crippen LogP contribution in [0.5, 0.6) is 0 Å². The molecule has 0 aromatic carbocycles. The van der Waals surface area contributed by atoms with E-state index in [-0.39, 0.29) is 24.2 Å². The van der Waals surface area contributed by atoms with E-state index in [4.69, 9.17) is 13.9 Å². The van der Waals surface area contributed by atoms with Gasteiger partial charge in [0.05, 0.1) is 24.0 Å². The van der Waals surface area contributed by atoms with Crippen LogP contribution in [-0.2, 0) is 9.47 Å². The number of carbonyl (C=O) groups is 1. The zero-order valence-corrected chi connectivity index (χ0v) is 11.3. The second-order valence-corrected chi connectivity index (χ2v) is 5.14. The first kappa shape index (κ1) is 12.7. The van der Waals surface area contributed by atoms with Gasteiger partial charge >= 0.3 is 0 Å². The zero-order chi connectivity index (χ0) is 13.4. The molecule has 19 heavy (non-hydrogen) atoms. The van der Waals surface area contributed by atoms with Crippen LogP contribution in [0.25, 0.3) is 0 Å². The number of carbonyl (C=O) groups excluding carboxylic acids is 1. The van der Waals surface area contributed by atoms with Crippen molar-refractivity contribution in [2.24, 2.45) is 0 Å². The summed E-state index contributed by atoms with van der Waals surface area (Å²) in [6.07, 6.45) is 3.37. The fourth-order valence-electron chi connectivity index (χ4n) is 3.15. The van der Waals surface area contributed by atoms with Crippen molar-refractivity contribution in [3.8, 4) is 0 Å². The van der Waals surface area contributed by atoms with E-state index in [0.717, 1.165) is 12.8 Å². The van der Waals surface area contributed by atoms with E-state index in [9.17, 15) is 4.79 Å². The lowest BCUT2D eigenvalue weighted by Crippen LogP contribution is -2.55. The van der Waals surface area contributed by atoms with Crippen LogP contribution in [0.15, 0.2) is 16.7 Å².